The minimum Gasteiger partial charge on any atom is -0.444 e. The Bertz CT molecular complexity index is 1010. The Hall–Kier alpha value is -3.27. The van der Waals surface area contributed by atoms with Crippen molar-refractivity contribution < 1.29 is 23.5 Å². The summed E-state index contributed by atoms with van der Waals surface area (Å²) in [5, 5.41) is 2.77. The van der Waals surface area contributed by atoms with Crippen LogP contribution in [0.4, 0.5) is 15.0 Å². The molecule has 1 aliphatic heterocycles. The van der Waals surface area contributed by atoms with Crippen LogP contribution in [0.15, 0.2) is 36.7 Å². The van der Waals surface area contributed by atoms with Crippen molar-refractivity contribution in [2.24, 2.45) is 0 Å². The number of benzene rings is 1. The Morgan fingerprint density at radius 3 is 2.35 bits per heavy atom. The van der Waals surface area contributed by atoms with Gasteiger partial charge in [0.05, 0.1) is 24.0 Å². The molecule has 10 heteroatoms. The summed E-state index contributed by atoms with van der Waals surface area (Å²) < 4.78 is 24.1. The van der Waals surface area contributed by atoms with Gasteiger partial charge in [-0.1, -0.05) is 0 Å². The third kappa shape index (κ3) is 6.63. The summed E-state index contributed by atoms with van der Waals surface area (Å²) >= 11 is 0. The van der Waals surface area contributed by atoms with E-state index >= 15 is 0 Å². The largest absolute Gasteiger partial charge is 0.444 e. The summed E-state index contributed by atoms with van der Waals surface area (Å²) in [6.45, 7) is 12.7. The fraction of sp³-hybridized carbons (Fsp3) is 0.500. The second-order valence-electron chi connectivity index (χ2n) is 9.88. The number of carbonyl (C=O) groups excluding carboxylic acids is 2. The van der Waals surface area contributed by atoms with Crippen molar-refractivity contribution in [1.29, 1.82) is 0 Å². The predicted molar refractivity (Wildman–Crippen MR) is 125 cm³/mol. The van der Waals surface area contributed by atoms with Crippen molar-refractivity contribution in [1.82, 2.24) is 19.8 Å². The molecule has 1 saturated heterocycles. The summed E-state index contributed by atoms with van der Waals surface area (Å²) in [6, 6.07) is 5.09. The van der Waals surface area contributed by atoms with Crippen LogP contribution in [0.2, 0.25) is 0 Å². The van der Waals surface area contributed by atoms with Gasteiger partial charge >= 0.3 is 6.09 Å². The van der Waals surface area contributed by atoms with E-state index in [0.29, 0.717) is 25.4 Å². The van der Waals surface area contributed by atoms with E-state index in [1.807, 2.05) is 46.4 Å². The minimum absolute atomic E-state index is 0.220. The van der Waals surface area contributed by atoms with E-state index < -0.39 is 17.2 Å². The molecule has 2 amide bonds. The maximum Gasteiger partial charge on any atom is 0.410 e. The van der Waals surface area contributed by atoms with E-state index in [1.54, 1.807) is 4.90 Å². The summed E-state index contributed by atoms with van der Waals surface area (Å²) in [6.07, 6.45) is 2.42. The molecule has 184 valence electrons. The van der Waals surface area contributed by atoms with E-state index in [9.17, 15) is 14.0 Å². The van der Waals surface area contributed by atoms with Crippen molar-refractivity contribution in [2.45, 2.75) is 58.7 Å². The number of anilines is 1. The summed E-state index contributed by atoms with van der Waals surface area (Å²) in [7, 11) is 0. The first-order valence-corrected chi connectivity index (χ1v) is 11.1. The van der Waals surface area contributed by atoms with Crippen LogP contribution >= 0.6 is 0 Å². The molecule has 0 bridgehead atoms. The van der Waals surface area contributed by atoms with Gasteiger partial charge in [-0.15, -0.1) is 0 Å². The number of hydrogen-bond donors (Lipinski definition) is 1. The van der Waals surface area contributed by atoms with Gasteiger partial charge in [0.15, 0.2) is 5.82 Å². The van der Waals surface area contributed by atoms with Crippen LogP contribution in [0.25, 0.3) is 0 Å². The molecule has 0 saturated carbocycles. The van der Waals surface area contributed by atoms with Gasteiger partial charge in [-0.2, -0.15) is 0 Å². The standard InChI is InChI=1S/C24H32FN5O4/c1-16(29-11-12-30(24(5,6)15-29)22(32)34-23(2,3)4)21(31)28-19-13-27-20(14-26-19)33-18-9-7-17(25)8-10-18/h7-10,13-14,16H,11-12,15H2,1-6H3,(H,26,28,31). The first kappa shape index (κ1) is 25.4. The Morgan fingerprint density at radius 2 is 1.79 bits per heavy atom. The first-order chi connectivity index (χ1) is 15.8. The van der Waals surface area contributed by atoms with Crippen LogP contribution in [0, 0.1) is 5.82 Å². The van der Waals surface area contributed by atoms with Crippen molar-refractivity contribution in [3.63, 3.8) is 0 Å². The SMILES string of the molecule is CC(C(=O)Nc1cnc(Oc2ccc(F)cc2)cn1)N1CCN(C(=O)OC(C)(C)C)C(C)(C)C1. The van der Waals surface area contributed by atoms with Crippen LogP contribution in [0.5, 0.6) is 11.6 Å². The highest BCUT2D eigenvalue weighted by atomic mass is 19.1. The molecule has 1 unspecified atom stereocenters. The number of nitrogens with one attached hydrogen (secondary N) is 1. The van der Waals surface area contributed by atoms with Gasteiger partial charge < -0.3 is 19.7 Å². The Kier molecular flexibility index (Phi) is 7.40. The topological polar surface area (TPSA) is 96.9 Å². The fourth-order valence-corrected chi connectivity index (χ4v) is 3.63. The number of amides is 2. The lowest BCUT2D eigenvalue weighted by atomic mass is 9.98. The number of hydrogen-bond acceptors (Lipinski definition) is 7. The van der Waals surface area contributed by atoms with Gasteiger partial charge in [0.2, 0.25) is 11.8 Å². The van der Waals surface area contributed by atoms with E-state index in [0.717, 1.165) is 0 Å². The summed E-state index contributed by atoms with van der Waals surface area (Å²) in [4.78, 5) is 37.5. The monoisotopic (exact) mass is 473 g/mol. The van der Waals surface area contributed by atoms with E-state index in [-0.39, 0.29) is 29.5 Å². The molecule has 1 aromatic carbocycles. The summed E-state index contributed by atoms with van der Waals surface area (Å²) in [5.74, 6) is 0.338. The molecular weight excluding hydrogens is 441 g/mol. The molecule has 34 heavy (non-hydrogen) atoms. The van der Waals surface area contributed by atoms with E-state index in [1.165, 1.54) is 36.7 Å². The molecule has 1 N–H and O–H groups in total. The zero-order valence-electron chi connectivity index (χ0n) is 20.5. The molecule has 0 aliphatic carbocycles. The highest BCUT2D eigenvalue weighted by molar-refractivity contribution is 5.93. The number of nitrogens with zero attached hydrogens (tertiary/aromatic N) is 4. The molecule has 3 rings (SSSR count). The molecule has 9 nitrogen and oxygen atoms in total. The first-order valence-electron chi connectivity index (χ1n) is 11.1. The van der Waals surface area contributed by atoms with Crippen molar-refractivity contribution in [2.75, 3.05) is 25.0 Å². The van der Waals surface area contributed by atoms with Gasteiger partial charge in [-0.25, -0.2) is 19.2 Å². The zero-order chi connectivity index (χ0) is 25.1. The minimum atomic E-state index is -0.571. The predicted octanol–water partition coefficient (Wildman–Crippen LogP) is 4.07. The second-order valence-corrected chi connectivity index (χ2v) is 9.88. The lowest BCUT2D eigenvalue weighted by Gasteiger charge is -2.48. The fourth-order valence-electron chi connectivity index (χ4n) is 3.63. The van der Waals surface area contributed by atoms with Crippen LogP contribution in [-0.4, -0.2) is 68.6 Å². The molecule has 1 aliphatic rings. The van der Waals surface area contributed by atoms with Gasteiger partial charge in [0.25, 0.3) is 0 Å². The van der Waals surface area contributed by atoms with Crippen LogP contribution in [0.3, 0.4) is 0 Å². The van der Waals surface area contributed by atoms with Gasteiger partial charge in [-0.3, -0.25) is 9.69 Å². The number of carbonyl (C=O) groups is 2. The lowest BCUT2D eigenvalue weighted by molar-refractivity contribution is -0.122. The van der Waals surface area contributed by atoms with Crippen molar-refractivity contribution in [3.05, 3.63) is 42.5 Å². The van der Waals surface area contributed by atoms with Gasteiger partial charge in [0.1, 0.15) is 17.2 Å². The molecule has 1 aromatic heterocycles. The number of aromatic nitrogens is 2. The van der Waals surface area contributed by atoms with Crippen molar-refractivity contribution in [3.8, 4) is 11.6 Å². The van der Waals surface area contributed by atoms with Crippen LogP contribution in [0.1, 0.15) is 41.5 Å². The smallest absolute Gasteiger partial charge is 0.410 e. The molecule has 0 spiro atoms. The van der Waals surface area contributed by atoms with Crippen molar-refractivity contribution >= 4 is 17.8 Å². The molecule has 2 aromatic rings. The number of rotatable bonds is 5. The Labute approximate surface area is 199 Å². The van der Waals surface area contributed by atoms with E-state index in [2.05, 4.69) is 15.3 Å². The molecule has 1 atom stereocenters. The van der Waals surface area contributed by atoms with E-state index in [4.69, 9.17) is 9.47 Å². The Balaban J connectivity index is 1.56. The van der Waals surface area contributed by atoms with Crippen LogP contribution < -0.4 is 10.1 Å². The maximum absolute atomic E-state index is 13.0. The highest BCUT2D eigenvalue weighted by Gasteiger charge is 2.41. The lowest BCUT2D eigenvalue weighted by Crippen LogP contribution is -2.64. The number of halogens is 1. The molecule has 2 heterocycles. The highest BCUT2D eigenvalue weighted by Crippen LogP contribution is 2.25. The summed E-state index contributed by atoms with van der Waals surface area (Å²) in [5.41, 5.74) is -1.08. The average molecular weight is 474 g/mol. The molecule has 0 radical (unpaired) electrons. The zero-order valence-corrected chi connectivity index (χ0v) is 20.5. The molecular formula is C24H32FN5O4. The quantitative estimate of drug-likeness (QED) is 0.699. The third-order valence-corrected chi connectivity index (χ3v) is 5.39. The normalized spacial score (nSPS) is 17.1. The Morgan fingerprint density at radius 1 is 1.12 bits per heavy atom. The van der Waals surface area contributed by atoms with Crippen LogP contribution in [-0.2, 0) is 9.53 Å². The molecule has 1 fully saturated rings. The average Bonchev–Trinajstić information content (AvgIpc) is 2.74. The number of piperazine rings is 1. The third-order valence-electron chi connectivity index (χ3n) is 5.39. The maximum atomic E-state index is 13.0. The van der Waals surface area contributed by atoms with Gasteiger partial charge in [0, 0.05) is 19.6 Å². The van der Waals surface area contributed by atoms with Gasteiger partial charge in [-0.05, 0) is 65.8 Å². The second kappa shape index (κ2) is 9.92. The number of ether oxygens (including phenoxy) is 2.